The molecular weight excluding hydrogens is 302 g/mol. The molecule has 0 saturated carbocycles. The molecule has 1 amide bonds. The van der Waals surface area contributed by atoms with Gasteiger partial charge in [-0.3, -0.25) is 4.79 Å². The number of para-hydroxylation sites is 1. The van der Waals surface area contributed by atoms with Crippen LogP contribution in [0.2, 0.25) is 0 Å². The molecule has 0 saturated heterocycles. The Kier molecular flexibility index (Phi) is 4.61. The van der Waals surface area contributed by atoms with Gasteiger partial charge in [-0.25, -0.2) is 4.68 Å². The van der Waals surface area contributed by atoms with E-state index in [1.54, 1.807) is 16.9 Å². The predicted molar refractivity (Wildman–Crippen MR) is 93.9 cm³/mol. The molecule has 1 aromatic heterocycles. The van der Waals surface area contributed by atoms with Crippen LogP contribution < -0.4 is 10.1 Å². The first kappa shape index (κ1) is 15.8. The molecule has 0 atom stereocenters. The van der Waals surface area contributed by atoms with E-state index in [1.807, 2.05) is 62.4 Å². The number of rotatable bonds is 5. The molecular formula is C19H19N3O2. The number of nitrogens with zero attached hydrogens (tertiary/aromatic N) is 2. The maximum atomic E-state index is 12.5. The van der Waals surface area contributed by atoms with Crippen molar-refractivity contribution < 1.29 is 9.53 Å². The SMILES string of the molecule is CCOc1cc(C)ccc1NC(=O)c1ccn(-c2ccccc2)n1. The Labute approximate surface area is 140 Å². The van der Waals surface area contributed by atoms with E-state index in [9.17, 15) is 4.79 Å². The van der Waals surface area contributed by atoms with Gasteiger partial charge in [-0.15, -0.1) is 0 Å². The van der Waals surface area contributed by atoms with Gasteiger partial charge in [0.15, 0.2) is 5.69 Å². The topological polar surface area (TPSA) is 56.1 Å². The number of benzene rings is 2. The summed E-state index contributed by atoms with van der Waals surface area (Å²) in [6, 6.07) is 17.0. The lowest BCUT2D eigenvalue weighted by molar-refractivity contribution is 0.102. The number of aryl methyl sites for hydroxylation is 1. The molecule has 5 nitrogen and oxygen atoms in total. The first-order valence-electron chi connectivity index (χ1n) is 7.83. The van der Waals surface area contributed by atoms with Crippen molar-refractivity contribution in [2.24, 2.45) is 0 Å². The number of hydrogen-bond donors (Lipinski definition) is 1. The third-order valence-electron chi connectivity index (χ3n) is 3.53. The molecule has 0 aliphatic carbocycles. The van der Waals surface area contributed by atoms with Gasteiger partial charge in [-0.2, -0.15) is 5.10 Å². The summed E-state index contributed by atoms with van der Waals surface area (Å²) >= 11 is 0. The van der Waals surface area contributed by atoms with Crippen LogP contribution in [0.1, 0.15) is 23.0 Å². The zero-order chi connectivity index (χ0) is 16.9. The summed E-state index contributed by atoms with van der Waals surface area (Å²) < 4.78 is 7.26. The monoisotopic (exact) mass is 321 g/mol. The number of carbonyl (C=O) groups excluding carboxylic acids is 1. The summed E-state index contributed by atoms with van der Waals surface area (Å²) in [5.41, 5.74) is 2.97. The molecule has 0 radical (unpaired) electrons. The van der Waals surface area contributed by atoms with Gasteiger partial charge in [-0.05, 0) is 49.7 Å². The van der Waals surface area contributed by atoms with Crippen molar-refractivity contribution in [3.8, 4) is 11.4 Å². The third kappa shape index (κ3) is 3.46. The average molecular weight is 321 g/mol. The smallest absolute Gasteiger partial charge is 0.276 e. The van der Waals surface area contributed by atoms with Crippen LogP contribution in [-0.2, 0) is 0 Å². The van der Waals surface area contributed by atoms with Gasteiger partial charge in [0.25, 0.3) is 5.91 Å². The van der Waals surface area contributed by atoms with E-state index in [1.165, 1.54) is 0 Å². The van der Waals surface area contributed by atoms with Gasteiger partial charge in [0.1, 0.15) is 5.75 Å². The summed E-state index contributed by atoms with van der Waals surface area (Å²) in [5, 5.41) is 7.20. The summed E-state index contributed by atoms with van der Waals surface area (Å²) in [7, 11) is 0. The lowest BCUT2D eigenvalue weighted by Gasteiger charge is -2.11. The fourth-order valence-electron chi connectivity index (χ4n) is 2.36. The Hall–Kier alpha value is -3.08. The van der Waals surface area contributed by atoms with Crippen LogP contribution in [-0.4, -0.2) is 22.3 Å². The normalized spacial score (nSPS) is 10.4. The average Bonchev–Trinajstić information content (AvgIpc) is 3.08. The van der Waals surface area contributed by atoms with Crippen LogP contribution >= 0.6 is 0 Å². The molecule has 2 aromatic carbocycles. The van der Waals surface area contributed by atoms with E-state index >= 15 is 0 Å². The highest BCUT2D eigenvalue weighted by Crippen LogP contribution is 2.26. The van der Waals surface area contributed by atoms with Crippen molar-refractivity contribution in [2.75, 3.05) is 11.9 Å². The second-order valence-electron chi connectivity index (χ2n) is 5.37. The minimum Gasteiger partial charge on any atom is -0.492 e. The fourth-order valence-corrected chi connectivity index (χ4v) is 2.36. The lowest BCUT2D eigenvalue weighted by Crippen LogP contribution is -2.14. The molecule has 0 spiro atoms. The van der Waals surface area contributed by atoms with E-state index in [4.69, 9.17) is 4.74 Å². The van der Waals surface area contributed by atoms with Crippen molar-refractivity contribution >= 4 is 11.6 Å². The van der Waals surface area contributed by atoms with E-state index < -0.39 is 0 Å². The van der Waals surface area contributed by atoms with Crippen LogP contribution in [0.25, 0.3) is 5.69 Å². The summed E-state index contributed by atoms with van der Waals surface area (Å²) in [6.45, 7) is 4.43. The van der Waals surface area contributed by atoms with Gasteiger partial charge in [0.2, 0.25) is 0 Å². The van der Waals surface area contributed by atoms with Gasteiger partial charge < -0.3 is 10.1 Å². The third-order valence-corrected chi connectivity index (χ3v) is 3.53. The molecule has 24 heavy (non-hydrogen) atoms. The number of carbonyl (C=O) groups is 1. The van der Waals surface area contributed by atoms with E-state index in [2.05, 4.69) is 10.4 Å². The summed E-state index contributed by atoms with van der Waals surface area (Å²) in [6.07, 6.45) is 1.77. The number of ether oxygens (including phenoxy) is 1. The van der Waals surface area contributed by atoms with E-state index in [0.717, 1.165) is 11.3 Å². The minimum atomic E-state index is -0.269. The molecule has 0 bridgehead atoms. The Bertz CT molecular complexity index is 841. The number of nitrogens with one attached hydrogen (secondary N) is 1. The second-order valence-corrected chi connectivity index (χ2v) is 5.37. The molecule has 0 fully saturated rings. The van der Waals surface area contributed by atoms with Crippen molar-refractivity contribution in [2.45, 2.75) is 13.8 Å². The molecule has 0 aliphatic rings. The summed E-state index contributed by atoms with van der Waals surface area (Å²) in [5.74, 6) is 0.392. The Balaban J connectivity index is 1.80. The number of anilines is 1. The Morgan fingerprint density at radius 3 is 2.71 bits per heavy atom. The quantitative estimate of drug-likeness (QED) is 0.777. The molecule has 3 aromatic rings. The Morgan fingerprint density at radius 1 is 1.17 bits per heavy atom. The van der Waals surface area contributed by atoms with Gasteiger partial charge in [0, 0.05) is 6.20 Å². The number of aromatic nitrogens is 2. The van der Waals surface area contributed by atoms with Crippen molar-refractivity contribution in [1.82, 2.24) is 9.78 Å². The lowest BCUT2D eigenvalue weighted by atomic mass is 10.2. The molecule has 1 heterocycles. The maximum Gasteiger partial charge on any atom is 0.276 e. The van der Waals surface area contributed by atoms with E-state index in [-0.39, 0.29) is 5.91 Å². The molecule has 0 aliphatic heterocycles. The highest BCUT2D eigenvalue weighted by Gasteiger charge is 2.13. The van der Waals surface area contributed by atoms with Crippen LogP contribution in [0.5, 0.6) is 5.75 Å². The highest BCUT2D eigenvalue weighted by atomic mass is 16.5. The van der Waals surface area contributed by atoms with Crippen molar-refractivity contribution in [3.63, 3.8) is 0 Å². The molecule has 0 unspecified atom stereocenters. The maximum absolute atomic E-state index is 12.5. The van der Waals surface area contributed by atoms with Crippen molar-refractivity contribution in [1.29, 1.82) is 0 Å². The summed E-state index contributed by atoms with van der Waals surface area (Å²) in [4.78, 5) is 12.5. The first-order chi connectivity index (χ1) is 11.7. The Morgan fingerprint density at radius 2 is 1.96 bits per heavy atom. The molecule has 1 N–H and O–H groups in total. The van der Waals surface area contributed by atoms with Crippen LogP contribution in [0.4, 0.5) is 5.69 Å². The van der Waals surface area contributed by atoms with Crippen LogP contribution in [0.3, 0.4) is 0 Å². The van der Waals surface area contributed by atoms with Gasteiger partial charge in [-0.1, -0.05) is 24.3 Å². The predicted octanol–water partition coefficient (Wildman–Crippen LogP) is 3.83. The van der Waals surface area contributed by atoms with Gasteiger partial charge in [0.05, 0.1) is 18.0 Å². The zero-order valence-corrected chi connectivity index (χ0v) is 13.7. The van der Waals surface area contributed by atoms with Crippen LogP contribution in [0.15, 0.2) is 60.8 Å². The van der Waals surface area contributed by atoms with Crippen LogP contribution in [0, 0.1) is 6.92 Å². The zero-order valence-electron chi connectivity index (χ0n) is 13.7. The van der Waals surface area contributed by atoms with Gasteiger partial charge >= 0.3 is 0 Å². The largest absolute Gasteiger partial charge is 0.492 e. The first-order valence-corrected chi connectivity index (χ1v) is 7.83. The second kappa shape index (κ2) is 7.00. The highest BCUT2D eigenvalue weighted by molar-refractivity contribution is 6.03. The molecule has 3 rings (SSSR count). The molecule has 122 valence electrons. The number of amides is 1. The standard InChI is InChI=1S/C19H19N3O2/c1-3-24-18-13-14(2)9-10-16(18)20-19(23)17-11-12-22(21-17)15-7-5-4-6-8-15/h4-13H,3H2,1-2H3,(H,20,23). The molecule has 5 heteroatoms. The minimum absolute atomic E-state index is 0.269. The number of hydrogen-bond acceptors (Lipinski definition) is 3. The van der Waals surface area contributed by atoms with Crippen molar-refractivity contribution in [3.05, 3.63) is 72.1 Å². The van der Waals surface area contributed by atoms with E-state index in [0.29, 0.717) is 23.7 Å². The fraction of sp³-hybridized carbons (Fsp3) is 0.158.